The van der Waals surface area contributed by atoms with Crippen molar-refractivity contribution in [2.75, 3.05) is 19.6 Å². The van der Waals surface area contributed by atoms with Crippen LogP contribution in [0.2, 0.25) is 0 Å². The fraction of sp³-hybridized carbons (Fsp3) is 0.500. The van der Waals surface area contributed by atoms with Crippen LogP contribution >= 0.6 is 0 Å². The van der Waals surface area contributed by atoms with Crippen LogP contribution in [0.1, 0.15) is 25.3 Å². The first-order valence-corrected chi connectivity index (χ1v) is 6.20. The second-order valence-corrected chi connectivity index (χ2v) is 4.17. The molecular formula is C14H21NO2. The maximum atomic E-state index is 10.5. The van der Waals surface area contributed by atoms with Gasteiger partial charge in [0.05, 0.1) is 6.42 Å². The first-order chi connectivity index (χ1) is 8.22. The summed E-state index contributed by atoms with van der Waals surface area (Å²) in [5.74, 6) is -0.716. The molecule has 0 aliphatic rings. The molecule has 0 saturated carbocycles. The van der Waals surface area contributed by atoms with Crippen LogP contribution in [0.4, 0.5) is 0 Å². The van der Waals surface area contributed by atoms with Crippen LogP contribution in [0.5, 0.6) is 0 Å². The van der Waals surface area contributed by atoms with Crippen molar-refractivity contribution < 1.29 is 9.90 Å². The molecule has 0 atom stereocenters. The lowest BCUT2D eigenvalue weighted by atomic mass is 10.1. The lowest BCUT2D eigenvalue weighted by Crippen LogP contribution is -2.27. The van der Waals surface area contributed by atoms with Gasteiger partial charge in [-0.1, -0.05) is 37.3 Å². The predicted molar refractivity (Wildman–Crippen MR) is 69.1 cm³/mol. The maximum absolute atomic E-state index is 10.5. The van der Waals surface area contributed by atoms with Gasteiger partial charge < -0.3 is 10.0 Å². The van der Waals surface area contributed by atoms with E-state index in [1.165, 1.54) is 5.56 Å². The van der Waals surface area contributed by atoms with Gasteiger partial charge in [-0.2, -0.15) is 0 Å². The number of nitrogens with zero attached hydrogens (tertiary/aromatic N) is 1. The van der Waals surface area contributed by atoms with E-state index in [4.69, 9.17) is 5.11 Å². The third kappa shape index (κ3) is 6.07. The average molecular weight is 235 g/mol. The third-order valence-electron chi connectivity index (χ3n) is 2.87. The molecule has 0 aromatic heterocycles. The van der Waals surface area contributed by atoms with Gasteiger partial charge in [0.15, 0.2) is 0 Å². The van der Waals surface area contributed by atoms with Crippen molar-refractivity contribution in [1.29, 1.82) is 0 Å². The highest BCUT2D eigenvalue weighted by molar-refractivity contribution is 5.66. The molecule has 94 valence electrons. The number of benzene rings is 1. The van der Waals surface area contributed by atoms with Gasteiger partial charge >= 0.3 is 5.97 Å². The SMILES string of the molecule is CCN(CCCc1ccccc1)CCC(=O)O. The van der Waals surface area contributed by atoms with Crippen LogP contribution in [0.15, 0.2) is 30.3 Å². The molecule has 0 heterocycles. The first-order valence-electron chi connectivity index (χ1n) is 6.20. The third-order valence-corrected chi connectivity index (χ3v) is 2.87. The Labute approximate surface area is 103 Å². The zero-order valence-electron chi connectivity index (χ0n) is 10.4. The number of aliphatic carboxylic acids is 1. The number of aryl methyl sites for hydroxylation is 1. The minimum absolute atomic E-state index is 0.235. The van der Waals surface area contributed by atoms with E-state index in [0.717, 1.165) is 25.9 Å². The quantitative estimate of drug-likeness (QED) is 0.752. The molecule has 3 nitrogen and oxygen atoms in total. The molecule has 0 unspecified atom stereocenters. The largest absolute Gasteiger partial charge is 0.481 e. The van der Waals surface area contributed by atoms with E-state index in [2.05, 4.69) is 36.1 Å². The summed E-state index contributed by atoms with van der Waals surface area (Å²) >= 11 is 0. The number of carboxylic acids is 1. The van der Waals surface area contributed by atoms with Crippen molar-refractivity contribution in [3.05, 3.63) is 35.9 Å². The molecule has 0 radical (unpaired) electrons. The summed E-state index contributed by atoms with van der Waals surface area (Å²) in [6, 6.07) is 10.4. The minimum Gasteiger partial charge on any atom is -0.481 e. The Morgan fingerprint density at radius 2 is 1.94 bits per heavy atom. The van der Waals surface area contributed by atoms with Crippen LogP contribution in [-0.4, -0.2) is 35.6 Å². The smallest absolute Gasteiger partial charge is 0.304 e. The zero-order valence-corrected chi connectivity index (χ0v) is 10.4. The Bertz CT molecular complexity index is 324. The standard InChI is InChI=1S/C14H21NO2/c1-2-15(12-10-14(16)17)11-6-9-13-7-4-3-5-8-13/h3-5,7-8H,2,6,9-12H2,1H3,(H,16,17). The van der Waals surface area contributed by atoms with Crippen molar-refractivity contribution in [2.24, 2.45) is 0 Å². The van der Waals surface area contributed by atoms with Crippen LogP contribution in [0, 0.1) is 0 Å². The summed E-state index contributed by atoms with van der Waals surface area (Å²) in [5, 5.41) is 8.63. The Kier molecular flexibility index (Phi) is 6.33. The summed E-state index contributed by atoms with van der Waals surface area (Å²) in [6.45, 7) is 4.62. The lowest BCUT2D eigenvalue weighted by Gasteiger charge is -2.19. The highest BCUT2D eigenvalue weighted by Crippen LogP contribution is 2.04. The fourth-order valence-electron chi connectivity index (χ4n) is 1.83. The first kappa shape index (κ1) is 13.7. The molecule has 0 saturated heterocycles. The minimum atomic E-state index is -0.716. The fourth-order valence-corrected chi connectivity index (χ4v) is 1.83. The molecule has 1 aromatic rings. The number of hydrogen-bond donors (Lipinski definition) is 1. The van der Waals surface area contributed by atoms with Crippen molar-refractivity contribution >= 4 is 5.97 Å². The molecule has 0 fully saturated rings. The van der Waals surface area contributed by atoms with Gasteiger partial charge in [-0.25, -0.2) is 0 Å². The average Bonchev–Trinajstić information content (AvgIpc) is 2.34. The Hall–Kier alpha value is -1.35. The number of hydrogen-bond acceptors (Lipinski definition) is 2. The van der Waals surface area contributed by atoms with Crippen LogP contribution in [-0.2, 0) is 11.2 Å². The van der Waals surface area contributed by atoms with Gasteiger partial charge in [0.2, 0.25) is 0 Å². The van der Waals surface area contributed by atoms with Gasteiger partial charge in [0.1, 0.15) is 0 Å². The van der Waals surface area contributed by atoms with E-state index >= 15 is 0 Å². The Morgan fingerprint density at radius 3 is 2.53 bits per heavy atom. The summed E-state index contributed by atoms with van der Waals surface area (Å²) in [6.07, 6.45) is 2.38. The monoisotopic (exact) mass is 235 g/mol. The summed E-state index contributed by atoms with van der Waals surface area (Å²) in [7, 11) is 0. The number of carboxylic acid groups (broad SMARTS) is 1. The van der Waals surface area contributed by atoms with E-state index in [9.17, 15) is 4.79 Å². The Balaban J connectivity index is 2.21. The van der Waals surface area contributed by atoms with Crippen molar-refractivity contribution in [2.45, 2.75) is 26.2 Å². The van der Waals surface area contributed by atoms with Gasteiger partial charge in [0.25, 0.3) is 0 Å². The van der Waals surface area contributed by atoms with Gasteiger partial charge in [-0.3, -0.25) is 4.79 Å². The lowest BCUT2D eigenvalue weighted by molar-refractivity contribution is -0.137. The highest BCUT2D eigenvalue weighted by atomic mass is 16.4. The molecule has 0 aliphatic heterocycles. The summed E-state index contributed by atoms with van der Waals surface area (Å²) in [5.41, 5.74) is 1.35. The topological polar surface area (TPSA) is 40.5 Å². The van der Waals surface area contributed by atoms with E-state index in [-0.39, 0.29) is 6.42 Å². The van der Waals surface area contributed by atoms with Crippen molar-refractivity contribution in [3.8, 4) is 0 Å². The van der Waals surface area contributed by atoms with Crippen molar-refractivity contribution in [3.63, 3.8) is 0 Å². The van der Waals surface area contributed by atoms with Crippen molar-refractivity contribution in [1.82, 2.24) is 4.90 Å². The summed E-state index contributed by atoms with van der Waals surface area (Å²) < 4.78 is 0. The second-order valence-electron chi connectivity index (χ2n) is 4.17. The molecule has 17 heavy (non-hydrogen) atoms. The number of rotatable bonds is 8. The predicted octanol–water partition coefficient (Wildman–Crippen LogP) is 2.42. The number of carbonyl (C=O) groups is 1. The van der Waals surface area contributed by atoms with Gasteiger partial charge in [-0.15, -0.1) is 0 Å². The van der Waals surface area contributed by atoms with E-state index in [1.54, 1.807) is 0 Å². The Morgan fingerprint density at radius 1 is 1.24 bits per heavy atom. The van der Waals surface area contributed by atoms with E-state index in [1.807, 2.05) is 6.07 Å². The van der Waals surface area contributed by atoms with Crippen LogP contribution in [0.3, 0.4) is 0 Å². The summed E-state index contributed by atoms with van der Waals surface area (Å²) in [4.78, 5) is 12.7. The highest BCUT2D eigenvalue weighted by Gasteiger charge is 2.05. The van der Waals surface area contributed by atoms with Gasteiger partial charge in [0, 0.05) is 6.54 Å². The normalized spacial score (nSPS) is 10.7. The van der Waals surface area contributed by atoms with Crippen LogP contribution < -0.4 is 0 Å². The molecular weight excluding hydrogens is 214 g/mol. The molecule has 0 bridgehead atoms. The molecule has 0 amide bonds. The molecule has 1 rings (SSSR count). The molecule has 3 heteroatoms. The van der Waals surface area contributed by atoms with E-state index < -0.39 is 5.97 Å². The molecule has 1 N–H and O–H groups in total. The molecule has 1 aromatic carbocycles. The molecule has 0 aliphatic carbocycles. The van der Waals surface area contributed by atoms with Gasteiger partial charge in [-0.05, 0) is 31.5 Å². The van der Waals surface area contributed by atoms with E-state index in [0.29, 0.717) is 6.54 Å². The van der Waals surface area contributed by atoms with Crippen LogP contribution in [0.25, 0.3) is 0 Å². The maximum Gasteiger partial charge on any atom is 0.304 e. The molecule has 0 spiro atoms. The zero-order chi connectivity index (χ0) is 12.5. The second kappa shape index (κ2) is 7.85.